The number of carbonyl (C=O) groups is 1. The highest BCUT2D eigenvalue weighted by molar-refractivity contribution is 6.03. The first-order chi connectivity index (χ1) is 17.1. The molecule has 0 radical (unpaired) electrons. The van der Waals surface area contributed by atoms with Crippen LogP contribution in [0.15, 0.2) is 67.0 Å². The molecule has 0 atom stereocenters. The van der Waals surface area contributed by atoms with Crippen LogP contribution in [0.4, 0.5) is 15.9 Å². The molecule has 0 aliphatic carbocycles. The zero-order valence-corrected chi connectivity index (χ0v) is 18.7. The summed E-state index contributed by atoms with van der Waals surface area (Å²) < 4.78 is 20.6. The summed E-state index contributed by atoms with van der Waals surface area (Å²) in [7, 11) is 1.57. The number of nitrogens with zero attached hydrogens (tertiary/aromatic N) is 5. The Morgan fingerprint density at radius 2 is 2.00 bits per heavy atom. The average Bonchev–Trinajstić information content (AvgIpc) is 3.62. The quantitative estimate of drug-likeness (QED) is 0.403. The molecule has 1 aliphatic heterocycles. The molecule has 0 saturated heterocycles. The third kappa shape index (κ3) is 3.84. The molecule has 5 aromatic rings. The first-order valence-electron chi connectivity index (χ1n) is 10.9. The molecule has 174 valence electrons. The van der Waals surface area contributed by atoms with Gasteiger partial charge in [0.1, 0.15) is 17.4 Å². The standard InChI is InChI=1S/C25H20FN7O2/c1-35-20-4-2-3-19(8-20)29-25(34)21-9-24-30-23(10-22(33(24)31-21)17-11-27-28-12-17)32-13-15-5-6-18(26)7-16(15)14-32/h2-12H,13-14H2,1H3,(H,27,28)(H,29,34). The SMILES string of the molecule is COc1cccc(NC(=O)c2cc3nc(N4Cc5ccc(F)cc5C4)cc(-c4cn[nH]c4)n3n2)c1. The Hall–Kier alpha value is -4.73. The van der Waals surface area contributed by atoms with Crippen LogP contribution in [0.2, 0.25) is 0 Å². The maximum atomic E-state index is 13.7. The second kappa shape index (κ2) is 8.24. The summed E-state index contributed by atoms with van der Waals surface area (Å²) in [6, 6.07) is 15.5. The minimum atomic E-state index is -0.368. The minimum Gasteiger partial charge on any atom is -0.497 e. The van der Waals surface area contributed by atoms with Gasteiger partial charge in [0.05, 0.1) is 19.0 Å². The molecule has 1 aliphatic rings. The van der Waals surface area contributed by atoms with E-state index < -0.39 is 0 Å². The third-order valence-corrected chi connectivity index (χ3v) is 5.98. The Kier molecular flexibility index (Phi) is 4.91. The van der Waals surface area contributed by atoms with E-state index in [9.17, 15) is 9.18 Å². The summed E-state index contributed by atoms with van der Waals surface area (Å²) in [5.41, 5.74) is 4.83. The number of anilines is 2. The maximum absolute atomic E-state index is 13.7. The van der Waals surface area contributed by atoms with Gasteiger partial charge in [-0.15, -0.1) is 0 Å². The summed E-state index contributed by atoms with van der Waals surface area (Å²) in [6.07, 6.45) is 3.44. The fourth-order valence-corrected chi connectivity index (χ4v) is 4.25. The number of aromatic amines is 1. The monoisotopic (exact) mass is 469 g/mol. The number of amides is 1. The number of benzene rings is 2. The zero-order valence-electron chi connectivity index (χ0n) is 18.7. The van der Waals surface area contributed by atoms with Crippen molar-refractivity contribution < 1.29 is 13.9 Å². The van der Waals surface area contributed by atoms with Crippen molar-refractivity contribution in [3.8, 4) is 17.0 Å². The van der Waals surface area contributed by atoms with Gasteiger partial charge in [0, 0.05) is 48.7 Å². The number of fused-ring (bicyclic) bond motifs is 2. The van der Waals surface area contributed by atoms with Gasteiger partial charge in [0.25, 0.3) is 5.91 Å². The fraction of sp³-hybridized carbons (Fsp3) is 0.120. The highest BCUT2D eigenvalue weighted by Crippen LogP contribution is 2.31. The molecule has 4 heterocycles. The smallest absolute Gasteiger partial charge is 0.276 e. The molecule has 35 heavy (non-hydrogen) atoms. The molecule has 1 amide bonds. The molecule has 3 aromatic heterocycles. The molecule has 2 aromatic carbocycles. The number of hydrogen-bond donors (Lipinski definition) is 2. The van der Waals surface area contributed by atoms with Crippen molar-refractivity contribution in [3.05, 3.63) is 89.6 Å². The Morgan fingerprint density at radius 3 is 2.83 bits per heavy atom. The van der Waals surface area contributed by atoms with E-state index in [0.29, 0.717) is 36.0 Å². The summed E-state index contributed by atoms with van der Waals surface area (Å²) >= 11 is 0. The van der Waals surface area contributed by atoms with Crippen LogP contribution >= 0.6 is 0 Å². The lowest BCUT2D eigenvalue weighted by Crippen LogP contribution is -2.17. The molecule has 0 unspecified atom stereocenters. The number of aromatic nitrogens is 5. The number of ether oxygens (including phenoxy) is 1. The van der Waals surface area contributed by atoms with Crippen molar-refractivity contribution in [2.45, 2.75) is 13.1 Å². The predicted molar refractivity (Wildman–Crippen MR) is 128 cm³/mol. The summed E-state index contributed by atoms with van der Waals surface area (Å²) in [5.74, 6) is 0.714. The number of H-pyrrole nitrogens is 1. The minimum absolute atomic E-state index is 0.217. The van der Waals surface area contributed by atoms with Gasteiger partial charge < -0.3 is 15.0 Å². The Balaban J connectivity index is 1.38. The van der Waals surface area contributed by atoms with Crippen LogP contribution in [0.3, 0.4) is 0 Å². The number of nitrogens with one attached hydrogen (secondary N) is 2. The van der Waals surface area contributed by atoms with E-state index in [4.69, 9.17) is 9.72 Å². The molecule has 10 heteroatoms. The summed E-state index contributed by atoms with van der Waals surface area (Å²) in [5, 5.41) is 14.2. The van der Waals surface area contributed by atoms with Crippen LogP contribution in [0, 0.1) is 5.82 Å². The van der Waals surface area contributed by atoms with Crippen molar-refractivity contribution in [1.29, 1.82) is 0 Å². The number of rotatable bonds is 5. The van der Waals surface area contributed by atoms with Gasteiger partial charge in [-0.1, -0.05) is 12.1 Å². The molecule has 9 nitrogen and oxygen atoms in total. The van der Waals surface area contributed by atoms with Crippen LogP contribution < -0.4 is 15.0 Å². The van der Waals surface area contributed by atoms with Crippen LogP contribution in [-0.4, -0.2) is 37.8 Å². The van der Waals surface area contributed by atoms with Crippen molar-refractivity contribution in [3.63, 3.8) is 0 Å². The Bertz CT molecular complexity index is 1560. The second-order valence-electron chi connectivity index (χ2n) is 8.24. The number of carbonyl (C=O) groups excluding carboxylic acids is 1. The van der Waals surface area contributed by atoms with Gasteiger partial charge in [-0.25, -0.2) is 13.9 Å². The van der Waals surface area contributed by atoms with Crippen molar-refractivity contribution in [2.75, 3.05) is 17.3 Å². The normalized spacial score (nSPS) is 12.7. The van der Waals surface area contributed by atoms with Gasteiger partial charge in [0.2, 0.25) is 0 Å². The lowest BCUT2D eigenvalue weighted by molar-refractivity contribution is 0.102. The van der Waals surface area contributed by atoms with E-state index in [1.807, 2.05) is 6.07 Å². The molecule has 0 fully saturated rings. The van der Waals surface area contributed by atoms with Crippen LogP contribution in [-0.2, 0) is 13.1 Å². The molecular weight excluding hydrogens is 449 g/mol. The topological polar surface area (TPSA) is 100 Å². The number of methoxy groups -OCH3 is 1. The third-order valence-electron chi connectivity index (χ3n) is 5.98. The molecule has 0 saturated carbocycles. The summed E-state index contributed by atoms with van der Waals surface area (Å²) in [4.78, 5) is 19.8. The maximum Gasteiger partial charge on any atom is 0.276 e. The molecular formula is C25H20FN7O2. The highest BCUT2D eigenvalue weighted by atomic mass is 19.1. The lowest BCUT2D eigenvalue weighted by atomic mass is 10.1. The van der Waals surface area contributed by atoms with Gasteiger partial charge in [-0.05, 0) is 35.4 Å². The van der Waals surface area contributed by atoms with Gasteiger partial charge >= 0.3 is 0 Å². The number of hydrogen-bond acceptors (Lipinski definition) is 6. The predicted octanol–water partition coefficient (Wildman–Crippen LogP) is 4.04. The van der Waals surface area contributed by atoms with E-state index in [2.05, 4.69) is 25.5 Å². The van der Waals surface area contributed by atoms with Crippen LogP contribution in [0.1, 0.15) is 21.6 Å². The van der Waals surface area contributed by atoms with Gasteiger partial charge in [-0.3, -0.25) is 9.89 Å². The van der Waals surface area contributed by atoms with E-state index in [1.165, 1.54) is 6.07 Å². The van der Waals surface area contributed by atoms with E-state index in [0.717, 1.165) is 22.4 Å². The van der Waals surface area contributed by atoms with Gasteiger partial charge in [-0.2, -0.15) is 10.2 Å². The fourth-order valence-electron chi connectivity index (χ4n) is 4.25. The second-order valence-corrected chi connectivity index (χ2v) is 8.24. The van der Waals surface area contributed by atoms with E-state index in [-0.39, 0.29) is 17.4 Å². The average molecular weight is 469 g/mol. The largest absolute Gasteiger partial charge is 0.497 e. The first kappa shape index (κ1) is 20.8. The highest BCUT2D eigenvalue weighted by Gasteiger charge is 2.23. The molecule has 6 rings (SSSR count). The zero-order chi connectivity index (χ0) is 23.9. The Morgan fingerprint density at radius 1 is 1.11 bits per heavy atom. The van der Waals surface area contributed by atoms with Crippen LogP contribution in [0.25, 0.3) is 16.9 Å². The van der Waals surface area contributed by atoms with E-state index >= 15 is 0 Å². The molecule has 2 N–H and O–H groups in total. The first-order valence-corrected chi connectivity index (χ1v) is 10.9. The van der Waals surface area contributed by atoms with Gasteiger partial charge in [0.15, 0.2) is 11.3 Å². The lowest BCUT2D eigenvalue weighted by Gasteiger charge is -2.17. The molecule has 0 bridgehead atoms. The summed E-state index contributed by atoms with van der Waals surface area (Å²) in [6.45, 7) is 1.15. The van der Waals surface area contributed by atoms with Crippen LogP contribution in [0.5, 0.6) is 5.75 Å². The van der Waals surface area contributed by atoms with E-state index in [1.54, 1.807) is 66.5 Å². The van der Waals surface area contributed by atoms with Crippen molar-refractivity contribution >= 4 is 23.1 Å². The van der Waals surface area contributed by atoms with Crippen molar-refractivity contribution in [2.24, 2.45) is 0 Å². The van der Waals surface area contributed by atoms with Crippen molar-refractivity contribution in [1.82, 2.24) is 24.8 Å². The molecule has 0 spiro atoms. The number of halogens is 1. The Labute approximate surface area is 199 Å².